The second kappa shape index (κ2) is 8.88. The lowest BCUT2D eigenvalue weighted by Crippen LogP contribution is -2.38. The molecule has 0 bridgehead atoms. The molecule has 1 unspecified atom stereocenters. The molecule has 0 aliphatic carbocycles. The molecule has 32 heavy (non-hydrogen) atoms. The van der Waals surface area contributed by atoms with E-state index in [1.165, 1.54) is 17.0 Å². The summed E-state index contributed by atoms with van der Waals surface area (Å²) in [6.07, 6.45) is 0. The average molecular weight is 434 g/mol. The van der Waals surface area contributed by atoms with Crippen molar-refractivity contribution < 1.29 is 24.2 Å². The topological polar surface area (TPSA) is 94.2 Å². The molecule has 0 fully saturated rings. The number of likely N-dealkylation sites (N-methyl/N-ethyl adjacent to an activating group) is 1. The molecule has 2 heterocycles. The first-order chi connectivity index (χ1) is 15.4. The van der Waals surface area contributed by atoms with E-state index < -0.39 is 23.5 Å². The number of amides is 1. The molecule has 1 amide bonds. The van der Waals surface area contributed by atoms with Gasteiger partial charge in [-0.25, -0.2) is 0 Å². The largest absolute Gasteiger partial charge is 0.508 e. The minimum absolute atomic E-state index is 0.0145. The van der Waals surface area contributed by atoms with Crippen molar-refractivity contribution in [1.82, 2.24) is 9.80 Å². The van der Waals surface area contributed by atoms with E-state index in [-0.39, 0.29) is 17.1 Å². The van der Waals surface area contributed by atoms with Crippen LogP contribution < -0.4 is 0 Å². The molecule has 0 saturated carbocycles. The predicted octanol–water partition coefficient (Wildman–Crippen LogP) is 4.06. The Balaban J connectivity index is 1.74. The zero-order valence-electron chi connectivity index (χ0n) is 18.1. The summed E-state index contributed by atoms with van der Waals surface area (Å²) in [4.78, 5) is 30.2. The van der Waals surface area contributed by atoms with Crippen LogP contribution in [0.4, 0.5) is 0 Å². The van der Waals surface area contributed by atoms with Gasteiger partial charge in [0.05, 0.1) is 11.6 Å². The fraction of sp³-hybridized carbons (Fsp3) is 0.280. The average Bonchev–Trinajstić information content (AvgIpc) is 3.34. The quantitative estimate of drug-likeness (QED) is 0.520. The van der Waals surface area contributed by atoms with Gasteiger partial charge in [0.1, 0.15) is 11.3 Å². The van der Waals surface area contributed by atoms with Crippen LogP contribution in [-0.2, 0) is 4.79 Å². The number of rotatable bonds is 8. The van der Waals surface area contributed by atoms with Gasteiger partial charge in [-0.2, -0.15) is 0 Å². The van der Waals surface area contributed by atoms with Gasteiger partial charge in [-0.05, 0) is 42.9 Å². The number of carbonyl (C=O) groups is 2. The van der Waals surface area contributed by atoms with E-state index in [9.17, 15) is 19.8 Å². The van der Waals surface area contributed by atoms with Gasteiger partial charge in [-0.15, -0.1) is 0 Å². The van der Waals surface area contributed by atoms with Crippen molar-refractivity contribution >= 4 is 22.7 Å². The highest BCUT2D eigenvalue weighted by Gasteiger charge is 2.44. The fourth-order valence-electron chi connectivity index (χ4n) is 4.13. The molecule has 0 radical (unpaired) electrons. The van der Waals surface area contributed by atoms with Crippen LogP contribution in [-0.4, -0.2) is 57.9 Å². The number of phenolic OH excluding ortho intramolecular Hbond substituents is 1. The number of para-hydroxylation sites is 1. The minimum atomic E-state index is -0.778. The van der Waals surface area contributed by atoms with Gasteiger partial charge in [-0.3, -0.25) is 9.59 Å². The van der Waals surface area contributed by atoms with Crippen molar-refractivity contribution in [2.75, 3.05) is 26.2 Å². The summed E-state index contributed by atoms with van der Waals surface area (Å²) in [7, 11) is 0. The van der Waals surface area contributed by atoms with Gasteiger partial charge in [0.25, 0.3) is 5.91 Å². The highest BCUT2D eigenvalue weighted by molar-refractivity contribution is 6.16. The summed E-state index contributed by atoms with van der Waals surface area (Å²) in [5.41, 5.74) is 1.17. The molecule has 2 N–H and O–H groups in total. The van der Waals surface area contributed by atoms with Crippen molar-refractivity contribution in [3.63, 3.8) is 0 Å². The third-order valence-electron chi connectivity index (χ3n) is 5.96. The smallest absolute Gasteiger partial charge is 0.290 e. The van der Waals surface area contributed by atoms with Crippen LogP contribution in [0.1, 0.15) is 36.0 Å². The Kier molecular flexibility index (Phi) is 6.01. The summed E-state index contributed by atoms with van der Waals surface area (Å²) in [6, 6.07) is 14.4. The Hall–Kier alpha value is -3.58. The molecule has 3 aromatic rings. The molecule has 1 atom stereocenters. The lowest BCUT2D eigenvalue weighted by Gasteiger charge is -2.29. The number of furan rings is 1. The fourth-order valence-corrected chi connectivity index (χ4v) is 4.13. The molecule has 7 nitrogen and oxygen atoms in total. The Morgan fingerprint density at radius 1 is 1.06 bits per heavy atom. The van der Waals surface area contributed by atoms with Crippen molar-refractivity contribution in [1.29, 1.82) is 0 Å². The van der Waals surface area contributed by atoms with Crippen LogP contribution in [0.25, 0.3) is 11.0 Å². The number of ketones is 1. The highest BCUT2D eigenvalue weighted by Crippen LogP contribution is 2.39. The standard InChI is InChI=1S/C25H26N2O5/c1-3-26(4-2)13-14-27-22(16-9-11-18(28)12-10-16)21(24(30)25(27)31)23(29)20-15-17-7-5-6-8-19(17)32-20/h5-12,15,22,28,30H,3-4,13-14H2,1-2H3. The summed E-state index contributed by atoms with van der Waals surface area (Å²) >= 11 is 0. The molecular formula is C25H26N2O5. The first-order valence-corrected chi connectivity index (χ1v) is 10.7. The number of benzene rings is 2. The van der Waals surface area contributed by atoms with Gasteiger partial charge in [0.15, 0.2) is 11.5 Å². The molecule has 0 saturated heterocycles. The monoisotopic (exact) mass is 434 g/mol. The maximum Gasteiger partial charge on any atom is 0.290 e. The zero-order chi connectivity index (χ0) is 22.8. The summed E-state index contributed by atoms with van der Waals surface area (Å²) in [5, 5.41) is 21.2. The number of nitrogens with zero attached hydrogens (tertiary/aromatic N) is 2. The van der Waals surface area contributed by atoms with E-state index in [0.29, 0.717) is 24.2 Å². The van der Waals surface area contributed by atoms with E-state index in [2.05, 4.69) is 4.90 Å². The van der Waals surface area contributed by atoms with Crippen LogP contribution in [0.3, 0.4) is 0 Å². The molecule has 7 heteroatoms. The van der Waals surface area contributed by atoms with Crippen LogP contribution >= 0.6 is 0 Å². The van der Waals surface area contributed by atoms with Crippen LogP contribution in [0.15, 0.2) is 70.3 Å². The normalized spacial score (nSPS) is 16.5. The molecule has 1 aliphatic heterocycles. The van der Waals surface area contributed by atoms with Gasteiger partial charge < -0.3 is 24.4 Å². The lowest BCUT2D eigenvalue weighted by molar-refractivity contribution is -0.129. The number of aliphatic hydroxyl groups is 1. The minimum Gasteiger partial charge on any atom is -0.508 e. The number of hydrogen-bond acceptors (Lipinski definition) is 6. The lowest BCUT2D eigenvalue weighted by atomic mass is 9.95. The summed E-state index contributed by atoms with van der Waals surface area (Å²) < 4.78 is 5.72. The molecule has 4 rings (SSSR count). The molecule has 2 aromatic carbocycles. The molecule has 1 aliphatic rings. The molecule has 166 valence electrons. The zero-order valence-corrected chi connectivity index (χ0v) is 18.1. The Morgan fingerprint density at radius 2 is 1.75 bits per heavy atom. The molecule has 1 aromatic heterocycles. The van der Waals surface area contributed by atoms with Crippen molar-refractivity contribution in [3.05, 3.63) is 77.3 Å². The van der Waals surface area contributed by atoms with Crippen molar-refractivity contribution in [3.8, 4) is 5.75 Å². The number of aliphatic hydroxyl groups excluding tert-OH is 1. The predicted molar refractivity (Wildman–Crippen MR) is 121 cm³/mol. The molecular weight excluding hydrogens is 408 g/mol. The molecule has 0 spiro atoms. The van der Waals surface area contributed by atoms with E-state index in [1.807, 2.05) is 32.0 Å². The summed E-state index contributed by atoms with van der Waals surface area (Å²) in [6.45, 7) is 6.68. The number of phenols is 1. The Labute approximate surface area is 186 Å². The maximum atomic E-state index is 13.5. The number of hydrogen-bond donors (Lipinski definition) is 2. The second-order valence-corrected chi connectivity index (χ2v) is 7.76. The van der Waals surface area contributed by atoms with E-state index in [0.717, 1.165) is 18.5 Å². The van der Waals surface area contributed by atoms with E-state index >= 15 is 0 Å². The maximum absolute atomic E-state index is 13.5. The van der Waals surface area contributed by atoms with Gasteiger partial charge in [0.2, 0.25) is 5.78 Å². The van der Waals surface area contributed by atoms with E-state index in [1.54, 1.807) is 24.3 Å². The highest BCUT2D eigenvalue weighted by atomic mass is 16.3. The van der Waals surface area contributed by atoms with E-state index in [4.69, 9.17) is 4.42 Å². The van der Waals surface area contributed by atoms with Gasteiger partial charge in [0, 0.05) is 18.5 Å². The Bertz CT molecular complexity index is 1140. The SMILES string of the molecule is CCN(CC)CCN1C(=O)C(O)=C(C(=O)c2cc3ccccc3o2)C1c1ccc(O)cc1. The van der Waals surface area contributed by atoms with Crippen LogP contribution in [0.5, 0.6) is 5.75 Å². The van der Waals surface area contributed by atoms with Gasteiger partial charge >= 0.3 is 0 Å². The third kappa shape index (κ3) is 3.87. The first-order valence-electron chi connectivity index (χ1n) is 10.7. The van der Waals surface area contributed by atoms with Crippen molar-refractivity contribution in [2.45, 2.75) is 19.9 Å². The number of Topliss-reactive ketones (excluding diaryl/α,β-unsaturated/α-hetero) is 1. The van der Waals surface area contributed by atoms with Gasteiger partial charge in [-0.1, -0.05) is 44.2 Å². The number of aromatic hydroxyl groups is 1. The second-order valence-electron chi connectivity index (χ2n) is 7.76. The number of carbonyl (C=O) groups excluding carboxylic acids is 2. The number of fused-ring (bicyclic) bond motifs is 1. The summed E-state index contributed by atoms with van der Waals surface area (Å²) in [5.74, 6) is -1.54. The van der Waals surface area contributed by atoms with Crippen molar-refractivity contribution in [2.24, 2.45) is 0 Å². The van der Waals surface area contributed by atoms with Crippen LogP contribution in [0.2, 0.25) is 0 Å². The third-order valence-corrected chi connectivity index (χ3v) is 5.96. The first kappa shape index (κ1) is 21.6. The van der Waals surface area contributed by atoms with Crippen LogP contribution in [0, 0.1) is 0 Å². The Morgan fingerprint density at radius 3 is 2.41 bits per heavy atom.